The Hall–Kier alpha value is -1.75. The molecule has 0 unspecified atom stereocenters. The van der Waals surface area contributed by atoms with Crippen LogP contribution in [0.3, 0.4) is 0 Å². The number of carbonyl (C=O) groups is 2. The second kappa shape index (κ2) is 8.20. The Morgan fingerprint density at radius 2 is 1.87 bits per heavy atom. The zero-order valence-electron chi connectivity index (χ0n) is 13.5. The summed E-state index contributed by atoms with van der Waals surface area (Å²) >= 11 is 5.83. The Labute approximate surface area is 141 Å². The van der Waals surface area contributed by atoms with Gasteiger partial charge in [-0.15, -0.1) is 0 Å². The van der Waals surface area contributed by atoms with Gasteiger partial charge in [0.15, 0.2) is 6.10 Å². The van der Waals surface area contributed by atoms with Crippen LogP contribution in [0.25, 0.3) is 0 Å². The lowest BCUT2D eigenvalue weighted by molar-refractivity contribution is -0.152. The Bertz CT molecular complexity index is 538. The molecule has 126 valence electrons. The molecule has 1 aliphatic rings. The molecule has 0 N–H and O–H groups in total. The molecular formula is C17H22ClNO4. The molecule has 2 rings (SSSR count). The minimum absolute atomic E-state index is 0.0674. The summed E-state index contributed by atoms with van der Waals surface area (Å²) in [5.74, 6) is 0.274. The highest BCUT2D eigenvalue weighted by atomic mass is 35.5. The Balaban J connectivity index is 1.84. The minimum Gasteiger partial charge on any atom is -0.481 e. The van der Waals surface area contributed by atoms with Gasteiger partial charge in [0.05, 0.1) is 12.5 Å². The molecule has 0 spiro atoms. The predicted molar refractivity (Wildman–Crippen MR) is 87.5 cm³/mol. The molecule has 1 amide bonds. The standard InChI is InChI=1S/C17H22ClNO4/c1-3-22-17(21)13-8-10-19(11-9-13)16(20)12(2)23-15-6-4-14(18)5-7-15/h4-7,12-13H,3,8-11H2,1-2H3/t12-/m0/s1. The predicted octanol–water partition coefficient (Wildman–Crippen LogP) is 2.91. The number of esters is 1. The average Bonchev–Trinajstić information content (AvgIpc) is 2.56. The third kappa shape index (κ3) is 4.86. The van der Waals surface area contributed by atoms with E-state index in [2.05, 4.69) is 0 Å². The van der Waals surface area contributed by atoms with Gasteiger partial charge < -0.3 is 14.4 Å². The maximum Gasteiger partial charge on any atom is 0.309 e. The number of halogens is 1. The molecule has 0 aromatic heterocycles. The number of rotatable bonds is 5. The highest BCUT2D eigenvalue weighted by Crippen LogP contribution is 2.21. The van der Waals surface area contributed by atoms with E-state index >= 15 is 0 Å². The third-order valence-electron chi connectivity index (χ3n) is 3.90. The number of benzene rings is 1. The van der Waals surface area contributed by atoms with E-state index < -0.39 is 6.10 Å². The van der Waals surface area contributed by atoms with E-state index in [1.165, 1.54) is 0 Å². The van der Waals surface area contributed by atoms with Crippen LogP contribution in [0.15, 0.2) is 24.3 Å². The van der Waals surface area contributed by atoms with E-state index in [1.807, 2.05) is 0 Å². The zero-order chi connectivity index (χ0) is 16.8. The SMILES string of the molecule is CCOC(=O)C1CCN(C(=O)[C@H](C)Oc2ccc(Cl)cc2)CC1. The Morgan fingerprint density at radius 1 is 1.26 bits per heavy atom. The number of amides is 1. The second-order valence-electron chi connectivity index (χ2n) is 5.57. The number of likely N-dealkylation sites (tertiary alicyclic amines) is 1. The smallest absolute Gasteiger partial charge is 0.309 e. The number of nitrogens with zero attached hydrogens (tertiary/aromatic N) is 1. The molecule has 0 saturated carbocycles. The zero-order valence-corrected chi connectivity index (χ0v) is 14.2. The van der Waals surface area contributed by atoms with Crippen LogP contribution in [0, 0.1) is 5.92 Å². The van der Waals surface area contributed by atoms with Crippen LogP contribution in [0.2, 0.25) is 5.02 Å². The molecule has 0 aliphatic carbocycles. The van der Waals surface area contributed by atoms with Crippen molar-refractivity contribution >= 4 is 23.5 Å². The fraction of sp³-hybridized carbons (Fsp3) is 0.529. The lowest BCUT2D eigenvalue weighted by atomic mass is 9.97. The van der Waals surface area contributed by atoms with Gasteiger partial charge in [0, 0.05) is 18.1 Å². The normalized spacial score (nSPS) is 16.7. The van der Waals surface area contributed by atoms with Gasteiger partial charge in [-0.1, -0.05) is 11.6 Å². The van der Waals surface area contributed by atoms with Gasteiger partial charge in [-0.25, -0.2) is 0 Å². The number of hydrogen-bond donors (Lipinski definition) is 0. The van der Waals surface area contributed by atoms with E-state index in [1.54, 1.807) is 43.0 Å². The monoisotopic (exact) mass is 339 g/mol. The molecule has 1 aliphatic heterocycles. The van der Waals surface area contributed by atoms with E-state index in [-0.39, 0.29) is 17.8 Å². The van der Waals surface area contributed by atoms with Crippen LogP contribution in [-0.2, 0) is 14.3 Å². The number of carbonyl (C=O) groups excluding carboxylic acids is 2. The molecule has 23 heavy (non-hydrogen) atoms. The van der Waals surface area contributed by atoms with Crippen molar-refractivity contribution in [3.05, 3.63) is 29.3 Å². The molecule has 1 atom stereocenters. The topological polar surface area (TPSA) is 55.8 Å². The van der Waals surface area contributed by atoms with Crippen molar-refractivity contribution in [2.75, 3.05) is 19.7 Å². The first kappa shape index (κ1) is 17.6. The first-order chi connectivity index (χ1) is 11.0. The molecule has 6 heteroatoms. The number of piperidine rings is 1. The summed E-state index contributed by atoms with van der Waals surface area (Å²) in [5, 5.41) is 0.623. The maximum absolute atomic E-state index is 12.4. The van der Waals surface area contributed by atoms with Crippen LogP contribution < -0.4 is 4.74 Å². The quantitative estimate of drug-likeness (QED) is 0.774. The van der Waals surface area contributed by atoms with Gasteiger partial charge in [0.1, 0.15) is 5.75 Å². The lowest BCUT2D eigenvalue weighted by Crippen LogP contribution is -2.45. The highest BCUT2D eigenvalue weighted by molar-refractivity contribution is 6.30. The minimum atomic E-state index is -0.574. The average molecular weight is 340 g/mol. The van der Waals surface area contributed by atoms with Gasteiger partial charge in [0.2, 0.25) is 0 Å². The molecule has 1 aromatic rings. The van der Waals surface area contributed by atoms with Crippen molar-refractivity contribution in [1.29, 1.82) is 0 Å². The lowest BCUT2D eigenvalue weighted by Gasteiger charge is -2.32. The summed E-state index contributed by atoms with van der Waals surface area (Å²) in [6, 6.07) is 6.91. The third-order valence-corrected chi connectivity index (χ3v) is 4.15. The fourth-order valence-corrected chi connectivity index (χ4v) is 2.75. The van der Waals surface area contributed by atoms with E-state index in [0.717, 1.165) is 0 Å². The van der Waals surface area contributed by atoms with Crippen LogP contribution in [-0.4, -0.2) is 42.6 Å². The van der Waals surface area contributed by atoms with E-state index in [0.29, 0.717) is 43.3 Å². The summed E-state index contributed by atoms with van der Waals surface area (Å²) in [6.07, 6.45) is 0.701. The van der Waals surface area contributed by atoms with Gasteiger partial charge in [-0.05, 0) is 51.0 Å². The van der Waals surface area contributed by atoms with Crippen LogP contribution in [0.1, 0.15) is 26.7 Å². The van der Waals surface area contributed by atoms with Crippen molar-refractivity contribution in [3.63, 3.8) is 0 Å². The molecule has 1 aromatic carbocycles. The van der Waals surface area contributed by atoms with Gasteiger partial charge in [-0.3, -0.25) is 9.59 Å². The molecule has 5 nitrogen and oxygen atoms in total. The van der Waals surface area contributed by atoms with Gasteiger partial charge in [-0.2, -0.15) is 0 Å². The summed E-state index contributed by atoms with van der Waals surface area (Å²) in [5.41, 5.74) is 0. The van der Waals surface area contributed by atoms with Gasteiger partial charge in [0.25, 0.3) is 5.91 Å². The maximum atomic E-state index is 12.4. The summed E-state index contributed by atoms with van der Waals surface area (Å²) in [6.45, 7) is 5.03. The molecule has 1 fully saturated rings. The summed E-state index contributed by atoms with van der Waals surface area (Å²) < 4.78 is 10.7. The molecule has 0 radical (unpaired) electrons. The Kier molecular flexibility index (Phi) is 6.28. The largest absolute Gasteiger partial charge is 0.481 e. The van der Waals surface area contributed by atoms with Crippen LogP contribution >= 0.6 is 11.6 Å². The van der Waals surface area contributed by atoms with Crippen LogP contribution in [0.4, 0.5) is 0 Å². The highest BCUT2D eigenvalue weighted by Gasteiger charge is 2.30. The molecule has 1 saturated heterocycles. The fourth-order valence-electron chi connectivity index (χ4n) is 2.62. The number of hydrogen-bond acceptors (Lipinski definition) is 4. The Morgan fingerprint density at radius 3 is 2.43 bits per heavy atom. The first-order valence-corrected chi connectivity index (χ1v) is 8.26. The van der Waals surface area contributed by atoms with Crippen LogP contribution in [0.5, 0.6) is 5.75 Å². The van der Waals surface area contributed by atoms with Crippen molar-refractivity contribution in [2.24, 2.45) is 5.92 Å². The van der Waals surface area contributed by atoms with Crippen molar-refractivity contribution in [3.8, 4) is 5.75 Å². The van der Waals surface area contributed by atoms with Crippen molar-refractivity contribution < 1.29 is 19.1 Å². The molecule has 0 bridgehead atoms. The molecule has 1 heterocycles. The summed E-state index contributed by atoms with van der Waals surface area (Å²) in [7, 11) is 0. The van der Waals surface area contributed by atoms with Crippen molar-refractivity contribution in [2.45, 2.75) is 32.8 Å². The van der Waals surface area contributed by atoms with E-state index in [4.69, 9.17) is 21.1 Å². The first-order valence-electron chi connectivity index (χ1n) is 7.89. The number of ether oxygens (including phenoxy) is 2. The molecular weight excluding hydrogens is 318 g/mol. The van der Waals surface area contributed by atoms with E-state index in [9.17, 15) is 9.59 Å². The van der Waals surface area contributed by atoms with Crippen molar-refractivity contribution in [1.82, 2.24) is 4.90 Å². The second-order valence-corrected chi connectivity index (χ2v) is 6.00. The summed E-state index contributed by atoms with van der Waals surface area (Å²) in [4.78, 5) is 25.9. The van der Waals surface area contributed by atoms with Gasteiger partial charge >= 0.3 is 5.97 Å².